The number of aryl methyl sites for hydroxylation is 1. The summed E-state index contributed by atoms with van der Waals surface area (Å²) in [5.74, 6) is 1.92. The van der Waals surface area contributed by atoms with Crippen LogP contribution < -0.4 is 9.47 Å². The number of nitrogens with zero attached hydrogens (tertiary/aromatic N) is 4. The summed E-state index contributed by atoms with van der Waals surface area (Å²) in [6.07, 6.45) is 0.0860. The Labute approximate surface area is 211 Å². The minimum atomic E-state index is -4.47. The average Bonchev–Trinajstić information content (AvgIpc) is 3.38. The molecule has 2 heterocycles. The molecule has 0 amide bonds. The summed E-state index contributed by atoms with van der Waals surface area (Å²) in [6.45, 7) is 5.67. The molecule has 4 rings (SSSR count). The Bertz CT molecular complexity index is 1370. The fourth-order valence-corrected chi connectivity index (χ4v) is 3.80. The highest BCUT2D eigenvalue weighted by molar-refractivity contribution is 5.38. The molecule has 4 aromatic rings. The van der Waals surface area contributed by atoms with E-state index in [0.717, 1.165) is 23.4 Å². The molecule has 10 heteroatoms. The molecular weight excluding hydrogens is 485 g/mol. The Kier molecular flexibility index (Phi) is 7.30. The summed E-state index contributed by atoms with van der Waals surface area (Å²) in [7, 11) is 1.60. The van der Waals surface area contributed by atoms with Gasteiger partial charge in [-0.1, -0.05) is 30.3 Å². The SMILES string of the molecule is C=CCC(O)(c1ccc(C(F)(F)F)cc1)c1cnn(-c2cc(OCc3ccc(OC)cc3)nc(C)n2)c1. The van der Waals surface area contributed by atoms with E-state index in [1.165, 1.54) is 29.1 Å². The van der Waals surface area contributed by atoms with Gasteiger partial charge in [-0.15, -0.1) is 6.58 Å². The largest absolute Gasteiger partial charge is 0.497 e. The summed E-state index contributed by atoms with van der Waals surface area (Å²) in [6, 6.07) is 13.4. The van der Waals surface area contributed by atoms with Gasteiger partial charge in [0, 0.05) is 24.2 Å². The number of methoxy groups -OCH3 is 1. The average molecular weight is 511 g/mol. The van der Waals surface area contributed by atoms with Crippen LogP contribution in [-0.2, 0) is 18.4 Å². The molecule has 37 heavy (non-hydrogen) atoms. The topological polar surface area (TPSA) is 82.3 Å². The van der Waals surface area contributed by atoms with Crippen molar-refractivity contribution in [2.75, 3.05) is 7.11 Å². The fraction of sp³-hybridized carbons (Fsp3) is 0.222. The highest BCUT2D eigenvalue weighted by Crippen LogP contribution is 2.36. The van der Waals surface area contributed by atoms with Crippen molar-refractivity contribution in [2.45, 2.75) is 31.7 Å². The first-order valence-electron chi connectivity index (χ1n) is 11.3. The summed E-state index contributed by atoms with van der Waals surface area (Å²) >= 11 is 0. The molecule has 192 valence electrons. The number of alkyl halides is 3. The van der Waals surface area contributed by atoms with E-state index in [2.05, 4.69) is 21.6 Å². The zero-order valence-corrected chi connectivity index (χ0v) is 20.2. The van der Waals surface area contributed by atoms with Crippen molar-refractivity contribution in [3.63, 3.8) is 0 Å². The number of rotatable bonds is 9. The van der Waals surface area contributed by atoms with Gasteiger partial charge in [0.15, 0.2) is 5.82 Å². The van der Waals surface area contributed by atoms with Gasteiger partial charge in [-0.3, -0.25) is 0 Å². The molecule has 1 atom stereocenters. The van der Waals surface area contributed by atoms with Gasteiger partial charge < -0.3 is 14.6 Å². The Hall–Kier alpha value is -4.18. The van der Waals surface area contributed by atoms with Crippen LogP contribution in [0.3, 0.4) is 0 Å². The Balaban J connectivity index is 1.59. The summed E-state index contributed by atoms with van der Waals surface area (Å²) in [5.41, 5.74) is -0.871. The molecule has 7 nitrogen and oxygen atoms in total. The first kappa shape index (κ1) is 25.9. The van der Waals surface area contributed by atoms with E-state index in [0.29, 0.717) is 23.1 Å². The van der Waals surface area contributed by atoms with Gasteiger partial charge in [0.05, 0.1) is 18.9 Å². The van der Waals surface area contributed by atoms with Crippen molar-refractivity contribution >= 4 is 0 Å². The first-order valence-corrected chi connectivity index (χ1v) is 11.3. The van der Waals surface area contributed by atoms with Gasteiger partial charge in [0.2, 0.25) is 5.88 Å². The number of benzene rings is 2. The van der Waals surface area contributed by atoms with E-state index < -0.39 is 17.3 Å². The molecule has 2 aromatic heterocycles. The predicted molar refractivity (Wildman–Crippen MR) is 130 cm³/mol. The third kappa shape index (κ3) is 5.80. The van der Waals surface area contributed by atoms with Gasteiger partial charge in [-0.25, -0.2) is 9.67 Å². The highest BCUT2D eigenvalue weighted by atomic mass is 19.4. The van der Waals surface area contributed by atoms with Crippen molar-refractivity contribution in [3.05, 3.63) is 108 Å². The lowest BCUT2D eigenvalue weighted by Crippen LogP contribution is -2.26. The van der Waals surface area contributed by atoms with Crippen molar-refractivity contribution < 1.29 is 27.8 Å². The summed E-state index contributed by atoms with van der Waals surface area (Å²) in [5, 5.41) is 15.8. The van der Waals surface area contributed by atoms with Crippen LogP contribution in [0.4, 0.5) is 13.2 Å². The van der Waals surface area contributed by atoms with Crippen molar-refractivity contribution in [1.29, 1.82) is 0 Å². The molecule has 0 radical (unpaired) electrons. The van der Waals surface area contributed by atoms with E-state index in [9.17, 15) is 18.3 Å². The van der Waals surface area contributed by atoms with Gasteiger partial charge >= 0.3 is 6.18 Å². The monoisotopic (exact) mass is 510 g/mol. The maximum atomic E-state index is 13.0. The van der Waals surface area contributed by atoms with Crippen molar-refractivity contribution in [1.82, 2.24) is 19.7 Å². The van der Waals surface area contributed by atoms with Crippen molar-refractivity contribution in [2.24, 2.45) is 0 Å². The second kappa shape index (κ2) is 10.4. The molecule has 0 bridgehead atoms. The van der Waals surface area contributed by atoms with Crippen LogP contribution in [0.1, 0.15) is 34.5 Å². The van der Waals surface area contributed by atoms with E-state index >= 15 is 0 Å². The lowest BCUT2D eigenvalue weighted by molar-refractivity contribution is -0.137. The number of hydrogen-bond donors (Lipinski definition) is 1. The number of hydrogen-bond acceptors (Lipinski definition) is 6. The van der Waals surface area contributed by atoms with Crippen LogP contribution >= 0.6 is 0 Å². The second-order valence-corrected chi connectivity index (χ2v) is 8.35. The first-order chi connectivity index (χ1) is 17.6. The van der Waals surface area contributed by atoms with Crippen LogP contribution in [0.5, 0.6) is 11.6 Å². The zero-order valence-electron chi connectivity index (χ0n) is 20.2. The van der Waals surface area contributed by atoms with Crippen LogP contribution in [0.25, 0.3) is 5.82 Å². The minimum absolute atomic E-state index is 0.0586. The van der Waals surface area contributed by atoms with E-state index in [1.807, 2.05) is 24.3 Å². The number of aliphatic hydroxyl groups is 1. The predicted octanol–water partition coefficient (Wildman–Crippen LogP) is 5.39. The van der Waals surface area contributed by atoms with Gasteiger partial charge in [-0.05, 0) is 42.3 Å². The third-order valence-corrected chi connectivity index (χ3v) is 5.77. The molecule has 0 aliphatic carbocycles. The smallest absolute Gasteiger partial charge is 0.416 e. The van der Waals surface area contributed by atoms with Crippen LogP contribution in [-0.4, -0.2) is 32.0 Å². The molecule has 0 saturated heterocycles. The fourth-order valence-electron chi connectivity index (χ4n) is 3.80. The minimum Gasteiger partial charge on any atom is -0.497 e. The van der Waals surface area contributed by atoms with E-state index in [4.69, 9.17) is 9.47 Å². The molecule has 0 fully saturated rings. The molecule has 1 unspecified atom stereocenters. The lowest BCUT2D eigenvalue weighted by Gasteiger charge is -2.26. The highest BCUT2D eigenvalue weighted by Gasteiger charge is 2.34. The number of ether oxygens (including phenoxy) is 2. The van der Waals surface area contributed by atoms with Crippen molar-refractivity contribution in [3.8, 4) is 17.4 Å². The lowest BCUT2D eigenvalue weighted by atomic mass is 9.85. The quantitative estimate of drug-likeness (QED) is 0.304. The maximum Gasteiger partial charge on any atom is 0.416 e. The van der Waals surface area contributed by atoms with Gasteiger partial charge in [-0.2, -0.15) is 23.3 Å². The third-order valence-electron chi connectivity index (χ3n) is 5.77. The molecule has 0 aliphatic rings. The molecule has 2 aromatic carbocycles. The standard InChI is InChI=1S/C27H25F3N4O3/c1-4-13-26(35,20-7-9-21(10-8-20)27(28,29)30)22-15-31-34(16-22)24-14-25(33-18(2)32-24)37-17-19-5-11-23(36-3)12-6-19/h4-12,14-16,35H,1,13,17H2,2-3H3. The van der Waals surface area contributed by atoms with E-state index in [1.54, 1.807) is 26.3 Å². The molecule has 0 spiro atoms. The molecular formula is C27H25F3N4O3. The van der Waals surface area contributed by atoms with E-state index in [-0.39, 0.29) is 18.6 Å². The summed E-state index contributed by atoms with van der Waals surface area (Å²) < 4.78 is 51.5. The zero-order chi connectivity index (χ0) is 26.6. The van der Waals surface area contributed by atoms with Gasteiger partial charge in [0.25, 0.3) is 0 Å². The maximum absolute atomic E-state index is 13.0. The Morgan fingerprint density at radius 2 is 1.68 bits per heavy atom. The molecule has 0 saturated carbocycles. The molecule has 0 aliphatic heterocycles. The summed E-state index contributed by atoms with van der Waals surface area (Å²) in [4.78, 5) is 8.72. The van der Waals surface area contributed by atoms with Gasteiger partial charge in [0.1, 0.15) is 23.8 Å². The second-order valence-electron chi connectivity index (χ2n) is 8.35. The normalized spacial score (nSPS) is 13.1. The number of aromatic nitrogens is 4. The van der Waals surface area contributed by atoms with Crippen LogP contribution in [0, 0.1) is 6.92 Å². The molecule has 1 N–H and O–H groups in total. The number of halogens is 3. The Morgan fingerprint density at radius 3 is 2.30 bits per heavy atom. The van der Waals surface area contributed by atoms with Crippen LogP contribution in [0.2, 0.25) is 0 Å². The van der Waals surface area contributed by atoms with Crippen LogP contribution in [0.15, 0.2) is 79.6 Å². The Morgan fingerprint density at radius 1 is 1.00 bits per heavy atom.